The first kappa shape index (κ1) is 18.3. The van der Waals surface area contributed by atoms with Crippen LogP contribution in [0.3, 0.4) is 0 Å². The van der Waals surface area contributed by atoms with Crippen LogP contribution in [0.1, 0.15) is 29.8 Å². The molecule has 2 heterocycles. The second-order valence-electron chi connectivity index (χ2n) is 6.39. The smallest absolute Gasteiger partial charge is 0.307 e. The van der Waals surface area contributed by atoms with Crippen molar-refractivity contribution in [3.63, 3.8) is 0 Å². The topological polar surface area (TPSA) is 108 Å². The first-order chi connectivity index (χ1) is 12.8. The van der Waals surface area contributed by atoms with Crippen molar-refractivity contribution in [2.75, 3.05) is 5.32 Å². The number of aryl methyl sites for hydroxylation is 2. The van der Waals surface area contributed by atoms with Gasteiger partial charge in [-0.3, -0.25) is 24.3 Å². The minimum atomic E-state index is -0.709. The molecule has 9 heteroatoms. The van der Waals surface area contributed by atoms with Gasteiger partial charge in [-0.25, -0.2) is 0 Å². The van der Waals surface area contributed by atoms with E-state index in [1.165, 1.54) is 23.4 Å². The van der Waals surface area contributed by atoms with Gasteiger partial charge in [0.15, 0.2) is 5.82 Å². The van der Waals surface area contributed by atoms with Gasteiger partial charge in [-0.15, -0.1) is 0 Å². The predicted octanol–water partition coefficient (Wildman–Crippen LogP) is 2.85. The summed E-state index contributed by atoms with van der Waals surface area (Å²) in [6.45, 7) is 5.78. The molecule has 0 bridgehead atoms. The summed E-state index contributed by atoms with van der Waals surface area (Å²) in [5.74, 6) is 0.0612. The van der Waals surface area contributed by atoms with Crippen LogP contribution in [0.5, 0.6) is 0 Å². The summed E-state index contributed by atoms with van der Waals surface area (Å²) in [7, 11) is 0. The van der Waals surface area contributed by atoms with E-state index in [0.29, 0.717) is 12.4 Å². The Morgan fingerprint density at radius 2 is 2.07 bits per heavy atom. The van der Waals surface area contributed by atoms with E-state index in [-0.39, 0.29) is 17.3 Å². The standard InChI is InChI=1S/C18H20N6O3/c1-12-5-4-6-15(9-12)10-22-8-7-17(21-22)19-18(25)14(3)23-11-16(24(26)27)13(2)20-23/h4-9,11,14H,10H2,1-3H3,(H,19,21,25). The Balaban J connectivity index is 1.66. The van der Waals surface area contributed by atoms with Crippen molar-refractivity contribution < 1.29 is 9.72 Å². The third-order valence-electron chi connectivity index (χ3n) is 4.18. The van der Waals surface area contributed by atoms with Crippen LogP contribution >= 0.6 is 0 Å². The van der Waals surface area contributed by atoms with E-state index < -0.39 is 11.0 Å². The Kier molecular flexibility index (Phi) is 5.02. The van der Waals surface area contributed by atoms with Gasteiger partial charge in [-0.1, -0.05) is 29.8 Å². The number of nitro groups is 1. The number of carbonyl (C=O) groups excluding carboxylic acids is 1. The molecule has 1 N–H and O–H groups in total. The van der Waals surface area contributed by atoms with E-state index in [1.54, 1.807) is 23.9 Å². The molecule has 2 aromatic heterocycles. The van der Waals surface area contributed by atoms with E-state index in [0.717, 1.165) is 5.56 Å². The van der Waals surface area contributed by atoms with Gasteiger partial charge in [0.1, 0.15) is 17.9 Å². The molecular formula is C18H20N6O3. The summed E-state index contributed by atoms with van der Waals surface area (Å²) in [6.07, 6.45) is 3.04. The van der Waals surface area contributed by atoms with Gasteiger partial charge in [-0.05, 0) is 26.3 Å². The molecule has 1 amide bonds. The third-order valence-corrected chi connectivity index (χ3v) is 4.18. The van der Waals surface area contributed by atoms with Crippen molar-refractivity contribution in [2.45, 2.75) is 33.4 Å². The second-order valence-corrected chi connectivity index (χ2v) is 6.39. The molecule has 0 fully saturated rings. The first-order valence-electron chi connectivity index (χ1n) is 8.43. The SMILES string of the molecule is Cc1cccc(Cn2ccc(NC(=O)C(C)n3cc([N+](=O)[O-])c(C)n3)n2)c1. The highest BCUT2D eigenvalue weighted by Gasteiger charge is 2.22. The summed E-state index contributed by atoms with van der Waals surface area (Å²) in [5, 5.41) is 22.0. The molecule has 0 aliphatic heterocycles. The largest absolute Gasteiger partial charge is 0.309 e. The summed E-state index contributed by atoms with van der Waals surface area (Å²) in [5.41, 5.74) is 2.44. The van der Waals surface area contributed by atoms with Crippen LogP contribution in [0.4, 0.5) is 11.5 Å². The minimum absolute atomic E-state index is 0.114. The van der Waals surface area contributed by atoms with Crippen LogP contribution in [0.25, 0.3) is 0 Å². The summed E-state index contributed by atoms with van der Waals surface area (Å²) in [4.78, 5) is 22.8. The van der Waals surface area contributed by atoms with Gasteiger partial charge in [-0.2, -0.15) is 10.2 Å². The average molecular weight is 368 g/mol. The Morgan fingerprint density at radius 3 is 2.74 bits per heavy atom. The molecule has 27 heavy (non-hydrogen) atoms. The molecule has 0 saturated carbocycles. The summed E-state index contributed by atoms with van der Waals surface area (Å²) in [6, 6.07) is 9.11. The number of benzene rings is 1. The molecule has 1 aromatic carbocycles. The van der Waals surface area contributed by atoms with Gasteiger partial charge in [0.2, 0.25) is 5.91 Å². The molecule has 0 radical (unpaired) electrons. The van der Waals surface area contributed by atoms with Gasteiger partial charge >= 0.3 is 5.69 Å². The zero-order valence-corrected chi connectivity index (χ0v) is 15.3. The van der Waals surface area contributed by atoms with Gasteiger partial charge in [0.05, 0.1) is 11.5 Å². The second kappa shape index (κ2) is 7.40. The van der Waals surface area contributed by atoms with Crippen LogP contribution in [0, 0.1) is 24.0 Å². The van der Waals surface area contributed by atoms with Crippen molar-refractivity contribution >= 4 is 17.4 Å². The van der Waals surface area contributed by atoms with Crippen molar-refractivity contribution in [1.82, 2.24) is 19.6 Å². The highest BCUT2D eigenvalue weighted by atomic mass is 16.6. The number of nitrogens with zero attached hydrogens (tertiary/aromatic N) is 5. The van der Waals surface area contributed by atoms with Crippen LogP contribution in [-0.2, 0) is 11.3 Å². The molecule has 3 aromatic rings. The third kappa shape index (κ3) is 4.20. The van der Waals surface area contributed by atoms with E-state index in [1.807, 2.05) is 25.1 Å². The predicted molar refractivity (Wildman–Crippen MR) is 99.5 cm³/mol. The van der Waals surface area contributed by atoms with Gasteiger partial charge in [0, 0.05) is 12.3 Å². The lowest BCUT2D eigenvalue weighted by atomic mass is 10.1. The average Bonchev–Trinajstić information content (AvgIpc) is 3.20. The first-order valence-corrected chi connectivity index (χ1v) is 8.43. The van der Waals surface area contributed by atoms with E-state index in [9.17, 15) is 14.9 Å². The Hall–Kier alpha value is -3.49. The maximum absolute atomic E-state index is 12.4. The molecule has 1 unspecified atom stereocenters. The fraction of sp³-hybridized carbons (Fsp3) is 0.278. The van der Waals surface area contributed by atoms with Crippen LogP contribution in [0.15, 0.2) is 42.7 Å². The van der Waals surface area contributed by atoms with E-state index in [4.69, 9.17) is 0 Å². The Labute approximate surface area is 155 Å². The van der Waals surface area contributed by atoms with Crippen LogP contribution < -0.4 is 5.32 Å². The fourth-order valence-corrected chi connectivity index (χ4v) is 2.71. The molecule has 3 rings (SSSR count). The molecule has 0 saturated heterocycles. The molecule has 9 nitrogen and oxygen atoms in total. The van der Waals surface area contributed by atoms with Crippen molar-refractivity contribution in [2.24, 2.45) is 0 Å². The lowest BCUT2D eigenvalue weighted by Gasteiger charge is -2.10. The monoisotopic (exact) mass is 368 g/mol. The molecule has 0 aliphatic rings. The highest BCUT2D eigenvalue weighted by Crippen LogP contribution is 2.19. The number of hydrogen-bond donors (Lipinski definition) is 1. The lowest BCUT2D eigenvalue weighted by Crippen LogP contribution is -2.24. The summed E-state index contributed by atoms with van der Waals surface area (Å²) >= 11 is 0. The normalized spacial score (nSPS) is 12.0. The van der Waals surface area contributed by atoms with Gasteiger partial charge in [0.25, 0.3) is 0 Å². The van der Waals surface area contributed by atoms with Crippen molar-refractivity contribution in [3.8, 4) is 0 Å². The Morgan fingerprint density at radius 1 is 1.30 bits per heavy atom. The molecule has 0 aliphatic carbocycles. The lowest BCUT2D eigenvalue weighted by molar-refractivity contribution is -0.385. The molecular weight excluding hydrogens is 348 g/mol. The molecule has 1 atom stereocenters. The zero-order chi connectivity index (χ0) is 19.6. The number of hydrogen-bond acceptors (Lipinski definition) is 5. The van der Waals surface area contributed by atoms with Gasteiger partial charge < -0.3 is 5.32 Å². The minimum Gasteiger partial charge on any atom is -0.307 e. The molecule has 0 spiro atoms. The number of nitrogens with one attached hydrogen (secondary N) is 1. The fourth-order valence-electron chi connectivity index (χ4n) is 2.71. The number of aromatic nitrogens is 4. The maximum Gasteiger partial charge on any atom is 0.309 e. The van der Waals surface area contributed by atoms with Crippen LogP contribution in [-0.4, -0.2) is 30.4 Å². The highest BCUT2D eigenvalue weighted by molar-refractivity contribution is 5.92. The van der Waals surface area contributed by atoms with Crippen molar-refractivity contribution in [1.29, 1.82) is 0 Å². The number of anilines is 1. The Bertz CT molecular complexity index is 991. The quantitative estimate of drug-likeness (QED) is 0.532. The van der Waals surface area contributed by atoms with E-state index in [2.05, 4.69) is 21.6 Å². The number of rotatable bonds is 6. The van der Waals surface area contributed by atoms with Crippen LogP contribution in [0.2, 0.25) is 0 Å². The molecule has 140 valence electrons. The maximum atomic E-state index is 12.4. The van der Waals surface area contributed by atoms with Crippen molar-refractivity contribution in [3.05, 3.63) is 69.7 Å². The van der Waals surface area contributed by atoms with E-state index >= 15 is 0 Å². The number of carbonyl (C=O) groups is 1. The number of amides is 1. The zero-order valence-electron chi connectivity index (χ0n) is 15.3. The summed E-state index contributed by atoms with van der Waals surface area (Å²) < 4.78 is 3.02.